The summed E-state index contributed by atoms with van der Waals surface area (Å²) >= 11 is 0. The minimum Gasteiger partial charge on any atom is -0.452 e. The number of epoxide rings is 2. The summed E-state index contributed by atoms with van der Waals surface area (Å²) in [5, 5.41) is 0. The Morgan fingerprint density at radius 3 is 1.22 bits per heavy atom. The minimum absolute atomic E-state index is 0.229. The van der Waals surface area contributed by atoms with E-state index in [0.29, 0.717) is 65.3 Å². The maximum absolute atomic E-state index is 12.9. The molecule has 6 unspecified atom stereocenters. The highest BCUT2D eigenvalue weighted by molar-refractivity contribution is 6.55. The average molecular weight is 963 g/mol. The molecule has 382 valence electrons. The van der Waals surface area contributed by atoms with Crippen molar-refractivity contribution < 1.29 is 63.9 Å². The molecule has 0 radical (unpaired) electrons. The van der Waals surface area contributed by atoms with Crippen molar-refractivity contribution in [2.45, 2.75) is 199 Å². The van der Waals surface area contributed by atoms with Crippen LogP contribution >= 0.6 is 0 Å². The van der Waals surface area contributed by atoms with Gasteiger partial charge in [-0.15, -0.1) is 0 Å². The molecule has 1 aliphatic carbocycles. The van der Waals surface area contributed by atoms with Gasteiger partial charge in [0.2, 0.25) is 0 Å². The highest BCUT2D eigenvalue weighted by atomic mass is 28.4. The largest absolute Gasteiger partial charge is 0.751 e. The summed E-state index contributed by atoms with van der Waals surface area (Å²) in [5.41, 5.74) is 0. The van der Waals surface area contributed by atoms with Crippen LogP contribution in [0.5, 0.6) is 0 Å². The molecule has 0 amide bonds. The van der Waals surface area contributed by atoms with Crippen LogP contribution in [0.15, 0.2) is 0 Å². The van der Waals surface area contributed by atoms with Gasteiger partial charge in [-0.05, 0) is 75.0 Å². The van der Waals surface area contributed by atoms with Crippen LogP contribution in [0.1, 0.15) is 187 Å². The Morgan fingerprint density at radius 2 is 0.815 bits per heavy atom. The normalized spacial score (nSPS) is 22.0. The number of hydrogen-bond acceptors (Lipinski definition) is 14. The van der Waals surface area contributed by atoms with Crippen molar-refractivity contribution in [1.82, 2.24) is 0 Å². The predicted molar refractivity (Wildman–Crippen MR) is 255 cm³/mol. The van der Waals surface area contributed by atoms with E-state index >= 15 is 0 Å². The molecular weight excluding hydrogens is 869 g/mol. The third-order valence-electron chi connectivity index (χ3n) is 13.4. The number of rotatable bonds is 45. The van der Waals surface area contributed by atoms with Crippen molar-refractivity contribution in [2.75, 3.05) is 81.3 Å². The van der Waals surface area contributed by atoms with E-state index in [4.69, 9.17) is 54.4 Å². The van der Waals surface area contributed by atoms with Gasteiger partial charge in [0.15, 0.2) is 0 Å². The fourth-order valence-corrected chi connectivity index (χ4v) is 12.3. The highest BCUT2D eigenvalue weighted by Crippen LogP contribution is 2.48. The lowest BCUT2D eigenvalue weighted by atomic mass is 9.61. The fraction of sp³-hybridized carbons (Fsp3) is 0.959. The minimum atomic E-state index is -3.53. The van der Waals surface area contributed by atoms with Gasteiger partial charge >= 0.3 is 18.1 Å². The van der Waals surface area contributed by atoms with Gasteiger partial charge in [-0.1, -0.05) is 123 Å². The Hall–Kier alpha value is -1.03. The summed E-state index contributed by atoms with van der Waals surface area (Å²) in [5.74, 6) is 2.58. The molecule has 0 N–H and O–H groups in total. The Balaban J connectivity index is 1.42. The van der Waals surface area contributed by atoms with Crippen LogP contribution in [0.4, 0.5) is 0 Å². The van der Waals surface area contributed by atoms with Gasteiger partial charge in [-0.2, -0.15) is 0 Å². The molecule has 2 aliphatic heterocycles. The summed E-state index contributed by atoms with van der Waals surface area (Å²) in [6.45, 7) is 9.07. The molecule has 3 rings (SSSR count). The molecule has 1 saturated carbocycles. The molecule has 0 aromatic heterocycles. The Bertz CT molecular complexity index is 1190. The molecule has 65 heavy (non-hydrogen) atoms. The molecule has 14 nitrogen and oxygen atoms in total. The molecule has 3 aliphatic rings. The zero-order valence-electron chi connectivity index (χ0n) is 41.9. The smallest absolute Gasteiger partial charge is 0.452 e. The first kappa shape index (κ1) is 58.3. The topological polar surface area (TPSA) is 152 Å². The maximum atomic E-state index is 12.9. The zero-order valence-corrected chi connectivity index (χ0v) is 43.9. The van der Waals surface area contributed by atoms with Gasteiger partial charge in [-0.3, -0.25) is 9.59 Å². The van der Waals surface area contributed by atoms with Crippen molar-refractivity contribution in [1.29, 1.82) is 0 Å². The quantitative estimate of drug-likeness (QED) is 0.0323. The van der Waals surface area contributed by atoms with Gasteiger partial charge in [0, 0.05) is 67.7 Å². The third-order valence-corrected chi connectivity index (χ3v) is 17.5. The molecule has 2 heterocycles. The van der Waals surface area contributed by atoms with E-state index in [1.54, 1.807) is 0 Å². The number of carbonyl (C=O) groups is 2. The number of carbonyl (C=O) groups excluding carboxylic acids is 2. The van der Waals surface area contributed by atoms with Gasteiger partial charge in [0.05, 0.1) is 26.4 Å². The SMILES string of the molecule is CCCCCCCC1C(CCCCC)CCC(CCCCCCC(=O)O[Si](OC)(OC)OCCCOCC2CO2)C1CCCCCCCC(=O)O[Si](OC)(OC)OCCCOCC1CO1. The highest BCUT2D eigenvalue weighted by Gasteiger charge is 2.49. The zero-order chi connectivity index (χ0) is 46.9. The van der Waals surface area contributed by atoms with Crippen molar-refractivity contribution in [3.05, 3.63) is 0 Å². The monoisotopic (exact) mass is 963 g/mol. The first-order valence-corrected chi connectivity index (χ1v) is 29.3. The van der Waals surface area contributed by atoms with Crippen molar-refractivity contribution >= 4 is 30.0 Å². The van der Waals surface area contributed by atoms with Crippen LogP contribution in [0.2, 0.25) is 0 Å². The molecule has 16 heteroatoms. The molecule has 3 fully saturated rings. The summed E-state index contributed by atoms with van der Waals surface area (Å²) in [6, 6.07) is 0. The fourth-order valence-electron chi connectivity index (χ4n) is 9.50. The second-order valence-corrected chi connectivity index (χ2v) is 23.2. The Kier molecular flexibility index (Phi) is 32.3. The molecular formula is C49H94O14Si2. The maximum Gasteiger partial charge on any atom is 0.751 e. The van der Waals surface area contributed by atoms with Crippen LogP contribution < -0.4 is 0 Å². The second kappa shape index (κ2) is 36.0. The Labute approximate surface area is 397 Å². The predicted octanol–water partition coefficient (Wildman–Crippen LogP) is 10.4. The van der Waals surface area contributed by atoms with Gasteiger partial charge in [-0.25, -0.2) is 0 Å². The van der Waals surface area contributed by atoms with Crippen molar-refractivity contribution in [2.24, 2.45) is 23.7 Å². The van der Waals surface area contributed by atoms with Crippen molar-refractivity contribution in [3.8, 4) is 0 Å². The first-order valence-electron chi connectivity index (χ1n) is 26.1. The molecule has 0 aromatic rings. The molecule has 0 bridgehead atoms. The Morgan fingerprint density at radius 1 is 0.462 bits per heavy atom. The molecule has 0 spiro atoms. The summed E-state index contributed by atoms with van der Waals surface area (Å²) < 4.78 is 66.4. The van der Waals surface area contributed by atoms with Gasteiger partial charge in [0.1, 0.15) is 12.2 Å². The standard InChI is InChI=1S/C49H94O14Si2/c1-7-9-11-13-20-28-46-42(26-18-10-8-2)32-33-43(27-19-16-17-23-31-49(51)63-65(54-5,55-6)61-37-25-35-57-39-45-41-59-45)47(46)29-21-14-12-15-22-30-48(50)62-64(52-3,53-4)60-36-24-34-56-38-44-40-58-44/h42-47H,7-41H2,1-6H3. The molecule has 2 saturated heterocycles. The van der Waals surface area contributed by atoms with E-state index in [0.717, 1.165) is 75.4 Å². The van der Waals surface area contributed by atoms with E-state index < -0.39 is 18.1 Å². The lowest BCUT2D eigenvalue weighted by molar-refractivity contribution is -0.145. The number of hydrogen-bond donors (Lipinski definition) is 0. The summed E-state index contributed by atoms with van der Waals surface area (Å²) in [4.78, 5) is 25.7. The van der Waals surface area contributed by atoms with Gasteiger partial charge in [0.25, 0.3) is 11.9 Å². The van der Waals surface area contributed by atoms with E-state index in [2.05, 4.69) is 13.8 Å². The van der Waals surface area contributed by atoms with Gasteiger partial charge < -0.3 is 54.4 Å². The van der Waals surface area contributed by atoms with Crippen LogP contribution in [0.3, 0.4) is 0 Å². The van der Waals surface area contributed by atoms with Crippen LogP contribution in [0, 0.1) is 23.7 Å². The first-order chi connectivity index (χ1) is 31.8. The number of unbranched alkanes of at least 4 members (excludes halogenated alkanes) is 13. The second-order valence-electron chi connectivity index (χ2n) is 18.6. The van der Waals surface area contributed by atoms with Crippen LogP contribution in [0.25, 0.3) is 0 Å². The van der Waals surface area contributed by atoms with E-state index in [-0.39, 0.29) is 24.1 Å². The summed E-state index contributed by atoms with van der Waals surface area (Å²) in [6.07, 6.45) is 30.6. The molecule has 0 aromatic carbocycles. The third kappa shape index (κ3) is 26.0. The average Bonchev–Trinajstić information content (AvgIpc) is 4.27. The van der Waals surface area contributed by atoms with Crippen molar-refractivity contribution in [3.63, 3.8) is 0 Å². The number of ether oxygens (including phenoxy) is 4. The van der Waals surface area contributed by atoms with Crippen LogP contribution in [-0.4, -0.2) is 124 Å². The lowest BCUT2D eigenvalue weighted by Crippen LogP contribution is -2.49. The van der Waals surface area contributed by atoms with E-state index in [9.17, 15) is 9.59 Å². The lowest BCUT2D eigenvalue weighted by Gasteiger charge is -2.44. The van der Waals surface area contributed by atoms with Crippen LogP contribution in [-0.2, 0) is 63.9 Å². The van der Waals surface area contributed by atoms with E-state index in [1.807, 2.05) is 0 Å². The molecule has 6 atom stereocenters. The summed E-state index contributed by atoms with van der Waals surface area (Å²) in [7, 11) is -1.19. The van der Waals surface area contributed by atoms with E-state index in [1.165, 1.54) is 138 Å².